The first kappa shape index (κ1) is 31.2. The van der Waals surface area contributed by atoms with Crippen molar-refractivity contribution in [1.82, 2.24) is 34.3 Å². The first-order valence-electron chi connectivity index (χ1n) is 13.6. The van der Waals surface area contributed by atoms with Gasteiger partial charge in [0.1, 0.15) is 0 Å². The SMILES string of the molecule is [B]/C(C)=C([B])/C([B])=C(/[B])C(=[B])n1c([C@@H](C)NC(=O)c2c(N)nn3cccnc23)cc2cccc(C#Cc3ccn(C)n3)c2c1=O. The van der Waals surface area contributed by atoms with Crippen LogP contribution in [0, 0.1) is 11.8 Å². The van der Waals surface area contributed by atoms with Crippen molar-refractivity contribution in [1.29, 1.82) is 0 Å². The van der Waals surface area contributed by atoms with Crippen LogP contribution in [0.1, 0.15) is 47.2 Å². The Bertz CT molecular complexity index is 2210. The van der Waals surface area contributed by atoms with Gasteiger partial charge in [0.25, 0.3) is 0 Å². The number of anilines is 1. The van der Waals surface area contributed by atoms with E-state index in [1.807, 2.05) is 0 Å². The number of carbonyl (C=O) groups excluding carboxylic acids is 1. The van der Waals surface area contributed by atoms with Gasteiger partial charge in [-0.25, -0.2) is 0 Å². The molecule has 4 aromatic heterocycles. The number of hydrogen-bond acceptors (Lipinski definition) is 6. The molecule has 0 aliphatic rings. The molecule has 5 rings (SSSR count). The van der Waals surface area contributed by atoms with Crippen LogP contribution in [0.2, 0.25) is 0 Å². The van der Waals surface area contributed by atoms with Gasteiger partial charge in [-0.1, -0.05) is 0 Å². The van der Waals surface area contributed by atoms with Crippen LogP contribution < -0.4 is 16.6 Å². The van der Waals surface area contributed by atoms with Crippen molar-refractivity contribution in [2.45, 2.75) is 19.9 Å². The predicted molar refractivity (Wildman–Crippen MR) is 180 cm³/mol. The molecular weight excluding hydrogens is 558 g/mol. The van der Waals surface area contributed by atoms with Gasteiger partial charge < -0.3 is 0 Å². The summed E-state index contributed by atoms with van der Waals surface area (Å²) < 4.78 is 4.18. The standard InChI is InChI=1S/C30H22B5N8O2/c1-15(31)23(32)24(33)25(34)26(35)43-20(16(2)38-29(44)22-27(36)40-42-12-5-11-37-28(22)42)14-18-7-4-6-17(21(18)30(43)45)8-9-19-10-13-41(3)39-19/h4-7,10-14,16H,1-3H3,(H2,36,40)(H,38,44)/b23-15-,25-24-/t16-/m1/s1. The zero-order chi connectivity index (χ0) is 32.6. The number of aromatic nitrogens is 6. The Hall–Kier alpha value is -5.24. The average Bonchev–Trinajstić information content (AvgIpc) is 3.59. The molecule has 0 unspecified atom stereocenters. The number of aryl methyl sites for hydroxylation is 1. The molecule has 0 aliphatic heterocycles. The van der Waals surface area contributed by atoms with Gasteiger partial charge in [-0.3, -0.25) is 0 Å². The van der Waals surface area contributed by atoms with Gasteiger partial charge in [-0.2, -0.15) is 0 Å². The number of carbonyl (C=O) groups is 1. The van der Waals surface area contributed by atoms with Crippen LogP contribution in [0.15, 0.2) is 81.7 Å². The topological polar surface area (TPSA) is 125 Å². The van der Waals surface area contributed by atoms with Crippen molar-refractivity contribution in [3.05, 3.63) is 110 Å². The van der Waals surface area contributed by atoms with E-state index in [4.69, 9.17) is 44.6 Å². The van der Waals surface area contributed by atoms with E-state index in [1.54, 1.807) is 74.4 Å². The molecule has 1 amide bonds. The van der Waals surface area contributed by atoms with Gasteiger partial charge in [0.15, 0.2) is 0 Å². The molecular formula is C30H22B5N8O2. The quantitative estimate of drug-likeness (QED) is 0.171. The Labute approximate surface area is 265 Å². The molecule has 4 heterocycles. The molecule has 0 aliphatic carbocycles. The fourth-order valence-corrected chi connectivity index (χ4v) is 4.75. The first-order chi connectivity index (χ1) is 21.4. The number of rotatable bonds is 6. The molecule has 0 fully saturated rings. The summed E-state index contributed by atoms with van der Waals surface area (Å²) in [7, 11) is 32.7. The van der Waals surface area contributed by atoms with Crippen molar-refractivity contribution in [2.75, 3.05) is 5.73 Å². The Morgan fingerprint density at radius 3 is 2.47 bits per heavy atom. The molecule has 9 radical (unpaired) electrons. The Kier molecular flexibility index (Phi) is 8.60. The second kappa shape index (κ2) is 12.4. The first-order valence-corrected chi connectivity index (χ1v) is 13.6. The minimum absolute atomic E-state index is 0.00478. The Morgan fingerprint density at radius 2 is 1.78 bits per heavy atom. The molecule has 0 saturated carbocycles. The van der Waals surface area contributed by atoms with Crippen molar-refractivity contribution in [3.8, 4) is 11.8 Å². The van der Waals surface area contributed by atoms with Crippen LogP contribution >= 0.6 is 0 Å². The molecule has 1 atom stereocenters. The number of nitrogens with zero attached hydrogens (tertiary/aromatic N) is 6. The van der Waals surface area contributed by atoms with Crippen molar-refractivity contribution < 1.29 is 4.79 Å². The van der Waals surface area contributed by atoms with Gasteiger partial charge in [0, 0.05) is 0 Å². The molecule has 0 spiro atoms. The second-order valence-electron chi connectivity index (χ2n) is 10.3. The number of allylic oxidation sites excluding steroid dienone is 4. The van der Waals surface area contributed by atoms with E-state index in [0.29, 0.717) is 16.6 Å². The number of nitrogens with two attached hydrogens (primary N) is 1. The third kappa shape index (κ3) is 5.96. The summed E-state index contributed by atoms with van der Waals surface area (Å²) in [4.78, 5) is 32.1. The van der Waals surface area contributed by atoms with Crippen molar-refractivity contribution in [3.63, 3.8) is 0 Å². The zero-order valence-electron chi connectivity index (χ0n) is 24.7. The van der Waals surface area contributed by atoms with Crippen LogP contribution in [0.5, 0.6) is 0 Å². The third-order valence-electron chi connectivity index (χ3n) is 7.08. The molecule has 10 nitrogen and oxygen atoms in total. The van der Waals surface area contributed by atoms with Crippen molar-refractivity contribution >= 4 is 72.6 Å². The molecule has 15 heteroatoms. The fraction of sp³-hybridized carbons (Fsp3) is 0.133. The molecule has 45 heavy (non-hydrogen) atoms. The predicted octanol–water partition coefficient (Wildman–Crippen LogP) is 0.514. The van der Waals surface area contributed by atoms with Gasteiger partial charge in [-0.05, 0) is 0 Å². The summed E-state index contributed by atoms with van der Waals surface area (Å²) in [6.07, 6.45) is 4.90. The zero-order valence-corrected chi connectivity index (χ0v) is 24.7. The fourth-order valence-electron chi connectivity index (χ4n) is 4.75. The maximum absolute atomic E-state index is 14.3. The summed E-state index contributed by atoms with van der Waals surface area (Å²) >= 11 is 0. The normalized spacial score (nSPS) is 13.0. The Morgan fingerprint density at radius 1 is 1.02 bits per heavy atom. The molecule has 5 aromatic rings. The van der Waals surface area contributed by atoms with Gasteiger partial charge in [0.05, 0.1) is 0 Å². The number of nitrogens with one attached hydrogen (secondary N) is 1. The van der Waals surface area contributed by atoms with Crippen LogP contribution in [0.3, 0.4) is 0 Å². The van der Waals surface area contributed by atoms with E-state index in [-0.39, 0.29) is 55.6 Å². The van der Waals surface area contributed by atoms with Crippen LogP contribution in [-0.2, 0) is 7.05 Å². The van der Waals surface area contributed by atoms with E-state index in [1.165, 1.54) is 10.7 Å². The van der Waals surface area contributed by atoms with E-state index >= 15 is 0 Å². The summed E-state index contributed by atoms with van der Waals surface area (Å²) in [5.41, 5.74) is 6.74. The molecule has 0 bridgehead atoms. The molecule has 0 saturated heterocycles. The number of nitrogen functional groups attached to an aromatic ring is 1. The van der Waals surface area contributed by atoms with Crippen LogP contribution in [-0.4, -0.2) is 79.3 Å². The van der Waals surface area contributed by atoms with Gasteiger partial charge >= 0.3 is 266 Å². The van der Waals surface area contributed by atoms with E-state index < -0.39 is 17.5 Å². The molecule has 209 valence electrons. The monoisotopic (exact) mass is 581 g/mol. The van der Waals surface area contributed by atoms with Crippen LogP contribution in [0.4, 0.5) is 5.82 Å². The van der Waals surface area contributed by atoms with Crippen LogP contribution in [0.25, 0.3) is 16.4 Å². The molecule has 1 aromatic carbocycles. The second-order valence-corrected chi connectivity index (χ2v) is 10.3. The minimum atomic E-state index is -0.826. The maximum atomic E-state index is 14.3. The third-order valence-corrected chi connectivity index (χ3v) is 7.08. The Balaban J connectivity index is 1.69. The summed E-state index contributed by atoms with van der Waals surface area (Å²) in [6, 6.07) is 9.51. The summed E-state index contributed by atoms with van der Waals surface area (Å²) in [6.45, 7) is 3.22. The summed E-state index contributed by atoms with van der Waals surface area (Å²) in [5.74, 6) is 5.42. The number of amides is 1. The number of hydrogen-bond donors (Lipinski definition) is 2. The number of pyridine rings is 1. The van der Waals surface area contributed by atoms with Gasteiger partial charge in [0.2, 0.25) is 0 Å². The van der Waals surface area contributed by atoms with E-state index in [9.17, 15) is 9.59 Å². The van der Waals surface area contributed by atoms with Crippen molar-refractivity contribution in [2.24, 2.45) is 7.05 Å². The number of benzene rings is 1. The average molecular weight is 581 g/mol. The van der Waals surface area contributed by atoms with E-state index in [2.05, 4.69) is 32.3 Å². The molecule has 3 N–H and O–H groups in total. The van der Waals surface area contributed by atoms with Gasteiger partial charge in [-0.15, -0.1) is 0 Å². The number of fused-ring (bicyclic) bond motifs is 2. The van der Waals surface area contributed by atoms with E-state index in [0.717, 1.165) is 4.57 Å². The summed E-state index contributed by atoms with van der Waals surface area (Å²) in [5, 5.41) is 12.1.